The number of anilines is 5. The van der Waals surface area contributed by atoms with Crippen LogP contribution in [0.4, 0.5) is 28.4 Å². The van der Waals surface area contributed by atoms with Gasteiger partial charge >= 0.3 is 6.85 Å². The van der Waals surface area contributed by atoms with E-state index in [1.807, 2.05) is 23.5 Å². The third kappa shape index (κ3) is 5.51. The minimum atomic E-state index is -0.589. The second-order valence-electron chi connectivity index (χ2n) is 23.0. The molecule has 348 valence electrons. The van der Waals surface area contributed by atoms with Crippen molar-refractivity contribution in [1.29, 1.82) is 0 Å². The molecule has 0 amide bonds. The van der Waals surface area contributed by atoms with Crippen LogP contribution in [0.25, 0.3) is 22.3 Å². The summed E-state index contributed by atoms with van der Waals surface area (Å²) in [5.74, 6) is 0. The van der Waals surface area contributed by atoms with Crippen LogP contribution in [0.15, 0.2) is 202 Å². The molecule has 0 atom stereocenters. The molecule has 0 fully saturated rings. The van der Waals surface area contributed by atoms with E-state index in [9.17, 15) is 0 Å². The first-order valence-corrected chi connectivity index (χ1v) is 27.5. The summed E-state index contributed by atoms with van der Waals surface area (Å²) < 4.78 is 0. The van der Waals surface area contributed by atoms with Crippen molar-refractivity contribution < 1.29 is 0 Å². The Balaban J connectivity index is 1.13. The van der Waals surface area contributed by atoms with Crippen molar-refractivity contribution in [2.24, 2.45) is 0 Å². The highest BCUT2D eigenvalue weighted by molar-refractivity contribution is 8.05. The van der Waals surface area contributed by atoms with Gasteiger partial charge in [0, 0.05) is 59.0 Å². The zero-order valence-corrected chi connectivity index (χ0v) is 43.7. The molecule has 2 aliphatic carbocycles. The summed E-state index contributed by atoms with van der Waals surface area (Å²) >= 11 is 3.86. The van der Waals surface area contributed by atoms with E-state index >= 15 is 0 Å². The maximum atomic E-state index is 2.81. The molecule has 0 aromatic heterocycles. The Bertz CT molecular complexity index is 3790. The molecule has 0 radical (unpaired) electrons. The summed E-state index contributed by atoms with van der Waals surface area (Å²) in [6.07, 6.45) is 2.35. The predicted octanol–water partition coefficient (Wildman–Crippen LogP) is 16.7. The molecule has 2 nitrogen and oxygen atoms in total. The normalized spacial score (nSPS) is 17.8. The van der Waals surface area contributed by atoms with Gasteiger partial charge in [0.2, 0.25) is 0 Å². The lowest BCUT2D eigenvalue weighted by atomic mass is 9.41. The third-order valence-electron chi connectivity index (χ3n) is 17.9. The number of hydrogen-bond acceptors (Lipinski definition) is 4. The van der Waals surface area contributed by atoms with Gasteiger partial charge in [-0.05, 0) is 151 Å². The number of fused-ring (bicyclic) bond motifs is 13. The quantitative estimate of drug-likeness (QED) is 0.163. The third-order valence-corrected chi connectivity index (χ3v) is 20.4. The summed E-state index contributed by atoms with van der Waals surface area (Å²) in [4.78, 5) is 10.8. The summed E-state index contributed by atoms with van der Waals surface area (Å²) in [5, 5.41) is 0. The highest BCUT2D eigenvalue weighted by atomic mass is 32.2. The molecule has 0 spiro atoms. The summed E-state index contributed by atoms with van der Waals surface area (Å²) in [7, 11) is 0. The van der Waals surface area contributed by atoms with Gasteiger partial charge in [0.05, 0.1) is 5.41 Å². The highest BCUT2D eigenvalue weighted by Crippen LogP contribution is 2.64. The first-order valence-electron chi connectivity index (χ1n) is 25.9. The molecule has 72 heavy (non-hydrogen) atoms. The van der Waals surface area contributed by atoms with E-state index in [1.165, 1.54) is 138 Å². The zero-order chi connectivity index (χ0) is 48.6. The van der Waals surface area contributed by atoms with Crippen molar-refractivity contribution in [1.82, 2.24) is 0 Å². The van der Waals surface area contributed by atoms with Crippen molar-refractivity contribution in [3.63, 3.8) is 0 Å². The summed E-state index contributed by atoms with van der Waals surface area (Å²) in [6, 6.07) is 70.7. The van der Waals surface area contributed by atoms with Crippen LogP contribution in [0.5, 0.6) is 0 Å². The maximum absolute atomic E-state index is 2.81. The van der Waals surface area contributed by atoms with Crippen LogP contribution in [0.2, 0.25) is 0 Å². The van der Waals surface area contributed by atoms with Crippen LogP contribution < -0.4 is 20.6 Å². The van der Waals surface area contributed by atoms with Crippen LogP contribution >= 0.6 is 23.5 Å². The second-order valence-corrected chi connectivity index (χ2v) is 25.2. The first kappa shape index (κ1) is 43.0. The summed E-state index contributed by atoms with van der Waals surface area (Å²) in [6.45, 7) is 17.1. The van der Waals surface area contributed by atoms with E-state index < -0.39 is 5.41 Å². The van der Waals surface area contributed by atoms with Gasteiger partial charge in [0.25, 0.3) is 0 Å². The van der Waals surface area contributed by atoms with E-state index in [0.29, 0.717) is 0 Å². The zero-order valence-electron chi connectivity index (χ0n) is 42.0. The fraction of sp³-hybridized carbons (Fsp3) is 0.194. The molecular formula is C67H55BN2S2. The Hall–Kier alpha value is -6.66. The molecule has 5 heteroatoms. The first-order chi connectivity index (χ1) is 34.9. The molecule has 0 N–H and O–H groups in total. The van der Waals surface area contributed by atoms with Crippen LogP contribution in [-0.4, -0.2) is 6.85 Å². The van der Waals surface area contributed by atoms with Crippen molar-refractivity contribution in [2.75, 3.05) is 9.71 Å². The van der Waals surface area contributed by atoms with Gasteiger partial charge in [-0.1, -0.05) is 205 Å². The van der Waals surface area contributed by atoms with Gasteiger partial charge in [-0.3, -0.25) is 0 Å². The van der Waals surface area contributed by atoms with Gasteiger partial charge in [-0.15, -0.1) is 0 Å². The molecule has 6 aliphatic rings. The Labute approximate surface area is 433 Å². The number of rotatable bonds is 3. The standard InChI is InChI=1S/C67H55BN2S2/c1-40-35-49-50(65(4,5)34-33-64(49,2)3)37-53(40)69-54-39-59-58(71-56-31-18-19-32-57(56)72-59)38-51(54)68-62-55(69)36-45-43-25-14-15-27-46(43)66(6,7)61(45)60(62)44-26-20-29-48-63(44)70(68)52-30-17-16-28-47(52)67(48,41-21-10-8-11-22-41)42-23-12-9-13-24-42/h8-32,35-39H,33-34H2,1-7H3. The molecule has 0 unspecified atom stereocenters. The lowest BCUT2D eigenvalue weighted by Gasteiger charge is -2.53. The van der Waals surface area contributed by atoms with E-state index in [1.54, 1.807) is 0 Å². The highest BCUT2D eigenvalue weighted by Gasteiger charge is 2.56. The fourth-order valence-corrected chi connectivity index (χ4v) is 16.7. The van der Waals surface area contributed by atoms with E-state index in [0.717, 1.165) is 6.42 Å². The predicted molar refractivity (Wildman–Crippen MR) is 304 cm³/mol. The topological polar surface area (TPSA) is 6.48 Å². The monoisotopic (exact) mass is 962 g/mol. The van der Waals surface area contributed by atoms with Crippen LogP contribution in [0.3, 0.4) is 0 Å². The van der Waals surface area contributed by atoms with E-state index in [-0.39, 0.29) is 23.1 Å². The Morgan fingerprint density at radius 3 is 1.71 bits per heavy atom. The van der Waals surface area contributed by atoms with E-state index in [2.05, 4.69) is 240 Å². The molecule has 0 saturated heterocycles. The number of para-hydroxylation sites is 2. The van der Waals surface area contributed by atoms with Gasteiger partial charge in [0.15, 0.2) is 0 Å². The van der Waals surface area contributed by atoms with Crippen LogP contribution in [-0.2, 0) is 21.7 Å². The molecule has 0 bridgehead atoms. The Morgan fingerprint density at radius 2 is 1.01 bits per heavy atom. The number of nitrogens with zero attached hydrogens (tertiary/aromatic N) is 2. The molecule has 4 aliphatic heterocycles. The SMILES string of the molecule is Cc1cc2c(cc1N1c3cc4c(cc3B3c5c1cc1c(c5-c5cccc6c5N3c3ccccc3C6(c3ccccc3)c3ccccc3)C(C)(C)c3ccccc3-1)Sc1ccccc1S4)C(C)(C)CCC2(C)C. The number of aryl methyl sites for hydroxylation is 1. The average molecular weight is 963 g/mol. The molecule has 9 aromatic rings. The van der Waals surface area contributed by atoms with Crippen molar-refractivity contribution in [3.8, 4) is 22.3 Å². The van der Waals surface area contributed by atoms with Crippen LogP contribution in [0.1, 0.15) is 104 Å². The lowest BCUT2D eigenvalue weighted by Crippen LogP contribution is -2.63. The molecule has 0 saturated carbocycles. The van der Waals surface area contributed by atoms with Crippen molar-refractivity contribution >= 4 is 69.7 Å². The van der Waals surface area contributed by atoms with Crippen molar-refractivity contribution in [2.45, 2.75) is 103 Å². The van der Waals surface area contributed by atoms with E-state index in [4.69, 9.17) is 0 Å². The maximum Gasteiger partial charge on any atom is 0.333 e. The second kappa shape index (κ2) is 14.7. The Morgan fingerprint density at radius 1 is 0.444 bits per heavy atom. The largest absolute Gasteiger partial charge is 0.376 e. The fourth-order valence-electron chi connectivity index (χ4n) is 14.4. The molecular weight excluding hydrogens is 908 g/mol. The molecule has 4 heterocycles. The summed E-state index contributed by atoms with van der Waals surface area (Å²) in [5.41, 5.74) is 26.2. The minimum absolute atomic E-state index is 0.0394. The van der Waals surface area contributed by atoms with Gasteiger partial charge in [-0.25, -0.2) is 0 Å². The van der Waals surface area contributed by atoms with Gasteiger partial charge in [0.1, 0.15) is 0 Å². The van der Waals surface area contributed by atoms with Gasteiger partial charge < -0.3 is 9.71 Å². The van der Waals surface area contributed by atoms with Crippen molar-refractivity contribution in [3.05, 3.63) is 232 Å². The molecule has 9 aromatic carbocycles. The van der Waals surface area contributed by atoms with Crippen LogP contribution in [0, 0.1) is 6.92 Å². The number of hydrogen-bond donors (Lipinski definition) is 0. The minimum Gasteiger partial charge on any atom is -0.376 e. The number of benzene rings is 9. The Kier molecular flexibility index (Phi) is 8.80. The molecule has 15 rings (SSSR count). The lowest BCUT2D eigenvalue weighted by molar-refractivity contribution is 0.332. The van der Waals surface area contributed by atoms with Gasteiger partial charge in [-0.2, -0.15) is 0 Å². The average Bonchev–Trinajstić information content (AvgIpc) is 3.64. The smallest absolute Gasteiger partial charge is 0.333 e.